The van der Waals surface area contributed by atoms with Crippen LogP contribution in [-0.2, 0) is 19.1 Å². The van der Waals surface area contributed by atoms with Crippen molar-refractivity contribution in [3.8, 4) is 0 Å². The minimum absolute atomic E-state index is 0.0570. The fourth-order valence-electron chi connectivity index (χ4n) is 2.27. The highest BCUT2D eigenvalue weighted by Gasteiger charge is 2.22. The average molecular weight is 303 g/mol. The Morgan fingerprint density at radius 2 is 1.95 bits per heavy atom. The maximum absolute atomic E-state index is 12.0. The predicted molar refractivity (Wildman–Crippen MR) is 82.1 cm³/mol. The molecule has 2 rings (SSSR count). The Morgan fingerprint density at radius 3 is 2.68 bits per heavy atom. The van der Waals surface area contributed by atoms with Crippen LogP contribution in [0, 0.1) is 0 Å². The Bertz CT molecular complexity index is 527. The molecule has 1 unspecified atom stereocenters. The summed E-state index contributed by atoms with van der Waals surface area (Å²) in [5.41, 5.74) is 0.908. The van der Waals surface area contributed by atoms with E-state index in [1.165, 1.54) is 7.11 Å². The summed E-state index contributed by atoms with van der Waals surface area (Å²) in [7, 11) is 1.49. The van der Waals surface area contributed by atoms with Gasteiger partial charge in [-0.3, -0.25) is 4.79 Å². The first-order valence-corrected chi connectivity index (χ1v) is 7.39. The number of methoxy groups -OCH3 is 1. The summed E-state index contributed by atoms with van der Waals surface area (Å²) in [5.74, 6) is -0.471. The molecule has 0 saturated heterocycles. The Morgan fingerprint density at radius 1 is 1.18 bits per heavy atom. The number of rotatable bonds is 2. The van der Waals surface area contributed by atoms with E-state index in [2.05, 4.69) is 5.32 Å². The molecule has 22 heavy (non-hydrogen) atoms. The van der Waals surface area contributed by atoms with Crippen molar-refractivity contribution in [2.45, 2.75) is 31.4 Å². The molecule has 1 aromatic carbocycles. The van der Waals surface area contributed by atoms with Gasteiger partial charge < -0.3 is 14.8 Å². The van der Waals surface area contributed by atoms with Gasteiger partial charge in [-0.05, 0) is 12.0 Å². The van der Waals surface area contributed by atoms with Crippen molar-refractivity contribution < 1.29 is 19.1 Å². The molecule has 0 aromatic heterocycles. The van der Waals surface area contributed by atoms with E-state index in [1.807, 2.05) is 42.5 Å². The van der Waals surface area contributed by atoms with Crippen molar-refractivity contribution in [1.82, 2.24) is 5.32 Å². The maximum atomic E-state index is 12.0. The van der Waals surface area contributed by atoms with Gasteiger partial charge >= 0.3 is 5.97 Å². The van der Waals surface area contributed by atoms with Crippen LogP contribution < -0.4 is 5.32 Å². The average Bonchev–Trinajstić information content (AvgIpc) is 2.54. The van der Waals surface area contributed by atoms with Crippen LogP contribution in [0.5, 0.6) is 0 Å². The van der Waals surface area contributed by atoms with Crippen molar-refractivity contribution in [3.63, 3.8) is 0 Å². The van der Waals surface area contributed by atoms with Crippen LogP contribution in [0.15, 0.2) is 42.5 Å². The lowest BCUT2D eigenvalue weighted by Gasteiger charge is -2.21. The first-order chi connectivity index (χ1) is 10.7. The van der Waals surface area contributed by atoms with Crippen LogP contribution in [0.2, 0.25) is 0 Å². The van der Waals surface area contributed by atoms with Crippen LogP contribution in [0.1, 0.15) is 30.9 Å². The number of benzene rings is 1. The zero-order chi connectivity index (χ0) is 15.8. The molecule has 0 spiro atoms. The summed E-state index contributed by atoms with van der Waals surface area (Å²) in [6.07, 6.45) is 4.62. The Hall–Kier alpha value is -2.14. The number of nitrogens with one attached hydrogen (secondary N) is 1. The summed E-state index contributed by atoms with van der Waals surface area (Å²) in [6, 6.07) is 9.13. The van der Waals surface area contributed by atoms with E-state index in [1.54, 1.807) is 0 Å². The van der Waals surface area contributed by atoms with Gasteiger partial charge in [-0.1, -0.05) is 42.5 Å². The van der Waals surface area contributed by atoms with E-state index in [4.69, 9.17) is 9.47 Å². The van der Waals surface area contributed by atoms with Gasteiger partial charge in [-0.25, -0.2) is 4.79 Å². The molecule has 118 valence electrons. The first kappa shape index (κ1) is 16.2. The second kappa shape index (κ2) is 8.34. The molecule has 0 aliphatic carbocycles. The number of allylic oxidation sites excluding steroid dienone is 1. The smallest absolute Gasteiger partial charge is 0.335 e. The second-order valence-corrected chi connectivity index (χ2v) is 5.13. The topological polar surface area (TPSA) is 64.6 Å². The summed E-state index contributed by atoms with van der Waals surface area (Å²) in [5, 5.41) is 2.91. The van der Waals surface area contributed by atoms with E-state index in [-0.39, 0.29) is 18.6 Å². The number of hydrogen-bond donors (Lipinski definition) is 1. The molecule has 5 heteroatoms. The van der Waals surface area contributed by atoms with E-state index in [0.29, 0.717) is 19.3 Å². The molecule has 0 bridgehead atoms. The molecule has 0 saturated carbocycles. The number of hydrogen-bond acceptors (Lipinski definition) is 4. The second-order valence-electron chi connectivity index (χ2n) is 5.13. The third-order valence-electron chi connectivity index (χ3n) is 3.53. The largest absolute Gasteiger partial charge is 0.461 e. The Kier molecular flexibility index (Phi) is 6.15. The minimum atomic E-state index is -0.609. The lowest BCUT2D eigenvalue weighted by atomic mass is 10.1. The fourth-order valence-corrected chi connectivity index (χ4v) is 2.27. The van der Waals surface area contributed by atoms with Crippen molar-refractivity contribution in [2.24, 2.45) is 0 Å². The van der Waals surface area contributed by atoms with Gasteiger partial charge in [-0.15, -0.1) is 0 Å². The van der Waals surface area contributed by atoms with Gasteiger partial charge in [-0.2, -0.15) is 0 Å². The van der Waals surface area contributed by atoms with Crippen molar-refractivity contribution in [1.29, 1.82) is 0 Å². The third-order valence-corrected chi connectivity index (χ3v) is 3.53. The van der Waals surface area contributed by atoms with Crippen LogP contribution in [-0.4, -0.2) is 31.7 Å². The maximum Gasteiger partial charge on any atom is 0.335 e. The number of esters is 1. The summed E-state index contributed by atoms with van der Waals surface area (Å²) in [4.78, 5) is 24.0. The highest BCUT2D eigenvalue weighted by molar-refractivity contribution is 5.77. The quantitative estimate of drug-likeness (QED) is 0.671. The summed E-state index contributed by atoms with van der Waals surface area (Å²) in [6.45, 7) is 0.0954. The molecular weight excluding hydrogens is 282 g/mol. The van der Waals surface area contributed by atoms with Gasteiger partial charge in [0.1, 0.15) is 6.61 Å². The number of carbonyl (C=O) groups is 2. The third kappa shape index (κ3) is 4.70. The van der Waals surface area contributed by atoms with E-state index in [0.717, 1.165) is 5.56 Å². The number of carbonyl (C=O) groups excluding carboxylic acids is 2. The van der Waals surface area contributed by atoms with Crippen molar-refractivity contribution in [2.75, 3.05) is 13.7 Å². The fraction of sp³-hybridized carbons (Fsp3) is 0.412. The SMILES string of the molecule is CO[C@@H]1C/C=C/CCC(=O)NC(c2ccccc2)COC1=O. The standard InChI is InChI=1S/C17H21NO4/c1-21-15-10-6-3-7-11-16(19)18-14(12-22-17(15)20)13-8-4-2-5-9-13/h2-6,8-9,14-15H,7,10-12H2,1H3,(H,18,19)/b6-3+/t14?,15-/m1/s1. The first-order valence-electron chi connectivity index (χ1n) is 7.39. The zero-order valence-electron chi connectivity index (χ0n) is 12.7. The number of ether oxygens (including phenoxy) is 2. The number of cyclic esters (lactones) is 1. The van der Waals surface area contributed by atoms with Gasteiger partial charge in [0.25, 0.3) is 0 Å². The number of amides is 1. The molecule has 2 atom stereocenters. The van der Waals surface area contributed by atoms with Gasteiger partial charge in [0.2, 0.25) is 5.91 Å². The molecule has 1 heterocycles. The summed E-state index contributed by atoms with van der Waals surface area (Å²) >= 11 is 0. The van der Waals surface area contributed by atoms with E-state index in [9.17, 15) is 9.59 Å². The molecule has 1 amide bonds. The molecule has 1 aromatic rings. The highest BCUT2D eigenvalue weighted by Crippen LogP contribution is 2.15. The van der Waals surface area contributed by atoms with Crippen LogP contribution >= 0.6 is 0 Å². The van der Waals surface area contributed by atoms with E-state index >= 15 is 0 Å². The van der Waals surface area contributed by atoms with Gasteiger partial charge in [0, 0.05) is 20.0 Å². The van der Waals surface area contributed by atoms with Crippen molar-refractivity contribution >= 4 is 11.9 Å². The Balaban J connectivity index is 2.14. The van der Waals surface area contributed by atoms with Crippen molar-refractivity contribution in [3.05, 3.63) is 48.0 Å². The lowest BCUT2D eigenvalue weighted by Crippen LogP contribution is -2.34. The van der Waals surface area contributed by atoms with Crippen LogP contribution in [0.25, 0.3) is 0 Å². The molecule has 1 aliphatic rings. The molecule has 1 aliphatic heterocycles. The van der Waals surface area contributed by atoms with Crippen LogP contribution in [0.3, 0.4) is 0 Å². The summed E-state index contributed by atoms with van der Waals surface area (Å²) < 4.78 is 10.5. The Labute approximate surface area is 130 Å². The van der Waals surface area contributed by atoms with E-state index < -0.39 is 12.1 Å². The monoisotopic (exact) mass is 303 g/mol. The normalized spacial score (nSPS) is 25.3. The minimum Gasteiger partial charge on any atom is -0.461 e. The molecule has 1 N–H and O–H groups in total. The predicted octanol–water partition coefficient (Wildman–Crippen LogP) is 2.14. The van der Waals surface area contributed by atoms with Gasteiger partial charge in [0.05, 0.1) is 6.04 Å². The van der Waals surface area contributed by atoms with Gasteiger partial charge in [0.15, 0.2) is 6.10 Å². The molecule has 5 nitrogen and oxygen atoms in total. The highest BCUT2D eigenvalue weighted by atomic mass is 16.6. The molecule has 0 radical (unpaired) electrons. The molecular formula is C17H21NO4. The lowest BCUT2D eigenvalue weighted by molar-refractivity contribution is -0.156. The zero-order valence-corrected chi connectivity index (χ0v) is 12.7. The van der Waals surface area contributed by atoms with Crippen LogP contribution in [0.4, 0.5) is 0 Å². The molecule has 0 fully saturated rings.